The molecule has 0 aliphatic carbocycles. The van der Waals surface area contributed by atoms with E-state index in [0.717, 1.165) is 18.1 Å². The van der Waals surface area contributed by atoms with E-state index in [-0.39, 0.29) is 40.3 Å². The van der Waals surface area contributed by atoms with Gasteiger partial charge in [-0.2, -0.15) is 0 Å². The number of nitro groups is 2. The fraction of sp³-hybridized carbons (Fsp3) is 0.286. The second kappa shape index (κ2) is 11.8. The van der Waals surface area contributed by atoms with Crippen LogP contribution in [0.5, 0.6) is 0 Å². The first kappa shape index (κ1) is 30.5. The molecule has 4 N–H and O–H groups in total. The summed E-state index contributed by atoms with van der Waals surface area (Å²) in [6.45, 7) is 9.31. The highest BCUT2D eigenvalue weighted by molar-refractivity contribution is 9.10. The summed E-state index contributed by atoms with van der Waals surface area (Å²) >= 11 is 3.20. The van der Waals surface area contributed by atoms with E-state index in [2.05, 4.69) is 63.6 Å². The average molecular weight is 633 g/mol. The number of rotatable bonds is 5. The third-order valence-electron chi connectivity index (χ3n) is 8.13. The quantitative estimate of drug-likeness (QED) is 0.118. The van der Waals surface area contributed by atoms with E-state index in [1.807, 2.05) is 6.07 Å². The smallest absolute Gasteiger partial charge is 0.293 e. The monoisotopic (exact) mass is 632 g/mol. The van der Waals surface area contributed by atoms with Crippen LogP contribution < -0.4 is 16.9 Å². The summed E-state index contributed by atoms with van der Waals surface area (Å²) in [6, 6.07) is 9.93. The van der Waals surface area contributed by atoms with Crippen LogP contribution in [0.15, 0.2) is 65.7 Å². The van der Waals surface area contributed by atoms with Crippen LogP contribution in [0.2, 0.25) is 12.6 Å². The highest BCUT2D eigenvalue weighted by Gasteiger charge is 2.48. The van der Waals surface area contributed by atoms with E-state index in [1.165, 1.54) is 6.07 Å². The van der Waals surface area contributed by atoms with E-state index in [0.29, 0.717) is 27.2 Å². The Kier molecular flexibility index (Phi) is 8.57. The number of aromatic nitrogens is 4. The molecule has 0 amide bonds. The van der Waals surface area contributed by atoms with Crippen LogP contribution in [0.1, 0.15) is 27.7 Å². The second-order valence-electron chi connectivity index (χ2n) is 11.4. The number of nitrogen functional groups attached to an aromatic ring is 2. The minimum Gasteiger partial charge on any atom is -0.393 e. The first-order valence-electron chi connectivity index (χ1n) is 13.1. The van der Waals surface area contributed by atoms with Gasteiger partial charge in [0.05, 0.1) is 15.4 Å². The van der Waals surface area contributed by atoms with Crippen molar-refractivity contribution in [1.29, 1.82) is 0 Å². The van der Waals surface area contributed by atoms with E-state index >= 15 is 0 Å². The van der Waals surface area contributed by atoms with Gasteiger partial charge in [-0.05, 0) is 29.0 Å². The fourth-order valence-corrected chi connectivity index (χ4v) is 5.59. The SMILES string of the molecule is CC1(C)CB(c2cc(-c3ncccn3)c(N)c([N+](=O)[O-])c2)CC1(C)C.Nc1c(-c2ncccn2)cc(Br)cc1[N+](=O)[O-]. The maximum Gasteiger partial charge on any atom is 0.293 e. The predicted octanol–water partition coefficient (Wildman–Crippen LogP) is 5.80. The maximum atomic E-state index is 11.5. The lowest BCUT2D eigenvalue weighted by atomic mass is 9.42. The number of nitrogens with two attached hydrogens (primary N) is 2. The molecule has 4 aromatic rings. The molecule has 14 heteroatoms. The topological polar surface area (TPSA) is 190 Å². The molecule has 5 rings (SSSR count). The van der Waals surface area contributed by atoms with Crippen LogP contribution in [0.25, 0.3) is 22.8 Å². The van der Waals surface area contributed by atoms with Gasteiger partial charge in [-0.15, -0.1) is 0 Å². The van der Waals surface area contributed by atoms with Gasteiger partial charge < -0.3 is 11.5 Å². The summed E-state index contributed by atoms with van der Waals surface area (Å²) in [7, 11) is 0. The Labute approximate surface area is 251 Å². The van der Waals surface area contributed by atoms with Crippen LogP contribution in [0.3, 0.4) is 0 Å². The molecule has 42 heavy (non-hydrogen) atoms. The molecule has 2 aromatic heterocycles. The summed E-state index contributed by atoms with van der Waals surface area (Å²) < 4.78 is 0.556. The molecule has 0 radical (unpaired) electrons. The van der Waals surface area contributed by atoms with E-state index in [1.54, 1.807) is 49.1 Å². The van der Waals surface area contributed by atoms with Crippen LogP contribution in [-0.2, 0) is 0 Å². The van der Waals surface area contributed by atoms with Gasteiger partial charge in [0.15, 0.2) is 18.4 Å². The molecular formula is C28H30BBrN8O4. The van der Waals surface area contributed by atoms with Crippen molar-refractivity contribution in [2.24, 2.45) is 10.8 Å². The number of hydrogen-bond acceptors (Lipinski definition) is 10. The minimum atomic E-state index is -0.535. The molecule has 1 aliphatic heterocycles. The molecule has 0 spiro atoms. The highest BCUT2D eigenvalue weighted by atomic mass is 79.9. The zero-order chi connectivity index (χ0) is 30.8. The van der Waals surface area contributed by atoms with E-state index in [4.69, 9.17) is 11.5 Å². The largest absolute Gasteiger partial charge is 0.393 e. The summed E-state index contributed by atoms with van der Waals surface area (Å²) in [5.74, 6) is 0.774. The number of anilines is 2. The number of nitrogens with zero attached hydrogens (tertiary/aromatic N) is 6. The van der Waals surface area contributed by atoms with E-state index < -0.39 is 9.85 Å². The van der Waals surface area contributed by atoms with Crippen LogP contribution in [0.4, 0.5) is 22.7 Å². The van der Waals surface area contributed by atoms with Crippen molar-refractivity contribution >= 4 is 50.9 Å². The molecule has 1 fully saturated rings. The molecule has 1 saturated heterocycles. The average Bonchev–Trinajstić information content (AvgIpc) is 3.17. The Balaban J connectivity index is 0.000000208. The molecular weight excluding hydrogens is 603 g/mol. The van der Waals surface area contributed by atoms with Crippen molar-refractivity contribution in [1.82, 2.24) is 19.9 Å². The standard InChI is InChI=1S/C18H23BN4O2.C10H7BrN4O2/c1-17(2)10-19(11-18(17,3)4)12-8-13(16-21-6-5-7-22-16)15(20)14(9-12)23(24)25;11-6-4-7(10-13-2-1-3-14-10)9(12)8(5-6)15(16)17/h5-9H,10-11,20H2,1-4H3;1-5H,12H2. The van der Waals surface area contributed by atoms with Gasteiger partial charge in [0.1, 0.15) is 11.4 Å². The van der Waals surface area contributed by atoms with Gasteiger partial charge in [0, 0.05) is 47.0 Å². The lowest BCUT2D eigenvalue weighted by Crippen LogP contribution is -2.29. The summed E-state index contributed by atoms with van der Waals surface area (Å²) in [5.41, 5.74) is 14.0. The van der Waals surface area contributed by atoms with Crippen molar-refractivity contribution in [3.8, 4) is 22.8 Å². The summed E-state index contributed by atoms with van der Waals surface area (Å²) in [5, 5.41) is 22.3. The van der Waals surface area contributed by atoms with Gasteiger partial charge in [-0.1, -0.05) is 67.8 Å². The Morgan fingerprint density at radius 3 is 1.57 bits per heavy atom. The van der Waals surface area contributed by atoms with Crippen molar-refractivity contribution in [2.45, 2.75) is 40.3 Å². The third kappa shape index (κ3) is 6.23. The zero-order valence-corrected chi connectivity index (χ0v) is 25.2. The van der Waals surface area contributed by atoms with Gasteiger partial charge in [0.25, 0.3) is 11.4 Å². The van der Waals surface area contributed by atoms with Gasteiger partial charge in [-0.25, -0.2) is 19.9 Å². The molecule has 2 aromatic carbocycles. The van der Waals surface area contributed by atoms with Crippen molar-refractivity contribution < 1.29 is 9.85 Å². The first-order valence-corrected chi connectivity index (χ1v) is 13.9. The minimum absolute atomic E-state index is 0.0596. The normalized spacial score (nSPS) is 15.0. The van der Waals surface area contributed by atoms with E-state index in [9.17, 15) is 20.2 Å². The number of nitro benzene ring substituents is 2. The highest BCUT2D eigenvalue weighted by Crippen LogP contribution is 2.53. The third-order valence-corrected chi connectivity index (χ3v) is 8.58. The van der Waals surface area contributed by atoms with Gasteiger partial charge in [0.2, 0.25) is 0 Å². The molecule has 0 unspecified atom stereocenters. The first-order chi connectivity index (χ1) is 19.7. The lowest BCUT2D eigenvalue weighted by Gasteiger charge is -2.35. The zero-order valence-electron chi connectivity index (χ0n) is 23.6. The molecule has 1 aliphatic rings. The van der Waals surface area contributed by atoms with Crippen LogP contribution in [0, 0.1) is 31.1 Å². The van der Waals surface area contributed by atoms with Gasteiger partial charge >= 0.3 is 0 Å². The molecule has 0 atom stereocenters. The van der Waals surface area contributed by atoms with Crippen molar-refractivity contribution in [3.63, 3.8) is 0 Å². The molecule has 3 heterocycles. The van der Waals surface area contributed by atoms with Crippen molar-refractivity contribution in [3.05, 3.63) is 85.9 Å². The lowest BCUT2D eigenvalue weighted by molar-refractivity contribution is -0.384. The summed E-state index contributed by atoms with van der Waals surface area (Å²) in [4.78, 5) is 37.9. The summed E-state index contributed by atoms with van der Waals surface area (Å²) in [6.07, 6.45) is 8.29. The predicted molar refractivity (Wildman–Crippen MR) is 167 cm³/mol. The maximum absolute atomic E-state index is 11.5. The Morgan fingerprint density at radius 2 is 1.14 bits per heavy atom. The second-order valence-corrected chi connectivity index (χ2v) is 12.3. The van der Waals surface area contributed by atoms with Gasteiger partial charge in [-0.3, -0.25) is 20.2 Å². The number of hydrogen-bond donors (Lipinski definition) is 2. The fourth-order valence-electron chi connectivity index (χ4n) is 5.14. The van der Waals surface area contributed by atoms with Crippen LogP contribution in [-0.4, -0.2) is 36.5 Å². The number of benzene rings is 2. The van der Waals surface area contributed by atoms with Crippen LogP contribution >= 0.6 is 15.9 Å². The van der Waals surface area contributed by atoms with Crippen molar-refractivity contribution in [2.75, 3.05) is 11.5 Å². The number of halogens is 1. The molecule has 0 saturated carbocycles. The molecule has 12 nitrogen and oxygen atoms in total. The molecule has 0 bridgehead atoms. The Bertz CT molecular complexity index is 1620. The Morgan fingerprint density at radius 1 is 0.738 bits per heavy atom. The Hall–Kier alpha value is -4.46. The molecule has 216 valence electrons.